The molecule has 1 saturated heterocycles. The number of morpholine rings is 1. The maximum Gasteiger partial charge on any atom is 0.248 e. The van der Waals surface area contributed by atoms with E-state index in [1.54, 1.807) is 12.1 Å². The number of imidazole rings is 1. The second-order valence-electron chi connectivity index (χ2n) is 7.68. The third-order valence-corrected chi connectivity index (χ3v) is 5.63. The zero-order chi connectivity index (χ0) is 22.1. The van der Waals surface area contributed by atoms with Gasteiger partial charge in [0, 0.05) is 36.1 Å². The molecule has 8 nitrogen and oxygen atoms in total. The number of amides is 1. The molecule has 32 heavy (non-hydrogen) atoms. The van der Waals surface area contributed by atoms with Gasteiger partial charge in [-0.15, -0.1) is 0 Å². The van der Waals surface area contributed by atoms with Crippen molar-refractivity contribution in [2.75, 3.05) is 31.3 Å². The minimum Gasteiger partial charge on any atom is -0.379 e. The van der Waals surface area contributed by atoms with Crippen LogP contribution in [0, 0.1) is 6.92 Å². The van der Waals surface area contributed by atoms with E-state index in [4.69, 9.17) is 20.4 Å². The molecule has 2 N–H and O–H groups in total. The van der Waals surface area contributed by atoms with Crippen molar-refractivity contribution in [1.82, 2.24) is 19.4 Å². The maximum atomic E-state index is 11.5. The number of carbonyl (C=O) groups excluding carboxylic acids is 1. The molecule has 2 aromatic heterocycles. The SMILES string of the molecule is Cc1cnc2c(N(c3ccccc3)N3CCOCC3)ncc(-c3ccc(C(N)=O)cc3)n12. The number of hydrogen-bond donors (Lipinski definition) is 1. The molecule has 3 heterocycles. The number of nitrogens with zero attached hydrogens (tertiary/aromatic N) is 5. The number of aromatic nitrogens is 3. The van der Waals surface area contributed by atoms with Gasteiger partial charge in [-0.2, -0.15) is 0 Å². The number of hydrazine groups is 1. The fourth-order valence-electron chi connectivity index (χ4n) is 4.04. The minimum absolute atomic E-state index is 0.446. The lowest BCUT2D eigenvalue weighted by atomic mass is 10.1. The van der Waals surface area contributed by atoms with Crippen LogP contribution in [0.4, 0.5) is 11.5 Å². The van der Waals surface area contributed by atoms with Crippen LogP contribution >= 0.6 is 0 Å². The van der Waals surface area contributed by atoms with E-state index >= 15 is 0 Å². The Morgan fingerprint density at radius 3 is 2.41 bits per heavy atom. The van der Waals surface area contributed by atoms with E-state index < -0.39 is 5.91 Å². The summed E-state index contributed by atoms with van der Waals surface area (Å²) in [5, 5.41) is 4.37. The molecule has 0 radical (unpaired) electrons. The van der Waals surface area contributed by atoms with E-state index in [1.807, 2.05) is 49.6 Å². The number of anilines is 2. The molecule has 1 amide bonds. The Balaban J connectivity index is 1.66. The van der Waals surface area contributed by atoms with Crippen molar-refractivity contribution < 1.29 is 9.53 Å². The van der Waals surface area contributed by atoms with Gasteiger partial charge >= 0.3 is 0 Å². The summed E-state index contributed by atoms with van der Waals surface area (Å²) >= 11 is 0. The van der Waals surface area contributed by atoms with Crippen LogP contribution in [0.5, 0.6) is 0 Å². The molecule has 1 aliphatic heterocycles. The van der Waals surface area contributed by atoms with E-state index in [-0.39, 0.29) is 0 Å². The third-order valence-electron chi connectivity index (χ3n) is 5.63. The van der Waals surface area contributed by atoms with Crippen molar-refractivity contribution in [3.8, 4) is 11.3 Å². The van der Waals surface area contributed by atoms with Gasteiger partial charge in [0.1, 0.15) is 0 Å². The molecule has 2 aromatic carbocycles. The van der Waals surface area contributed by atoms with Crippen LogP contribution in [0.1, 0.15) is 16.1 Å². The summed E-state index contributed by atoms with van der Waals surface area (Å²) in [7, 11) is 0. The van der Waals surface area contributed by atoms with E-state index in [1.165, 1.54) is 0 Å². The van der Waals surface area contributed by atoms with Gasteiger partial charge in [-0.3, -0.25) is 14.2 Å². The monoisotopic (exact) mass is 428 g/mol. The zero-order valence-corrected chi connectivity index (χ0v) is 17.8. The molecule has 0 aliphatic carbocycles. The van der Waals surface area contributed by atoms with Crippen molar-refractivity contribution in [2.45, 2.75) is 6.92 Å². The van der Waals surface area contributed by atoms with Crippen molar-refractivity contribution in [3.63, 3.8) is 0 Å². The lowest BCUT2D eigenvalue weighted by Crippen LogP contribution is -2.47. The molecule has 5 rings (SSSR count). The Hall–Kier alpha value is -3.75. The Morgan fingerprint density at radius 2 is 1.72 bits per heavy atom. The first kappa shape index (κ1) is 20.2. The quantitative estimate of drug-likeness (QED) is 0.525. The fourth-order valence-corrected chi connectivity index (χ4v) is 4.04. The highest BCUT2D eigenvalue weighted by Crippen LogP contribution is 2.32. The smallest absolute Gasteiger partial charge is 0.248 e. The van der Waals surface area contributed by atoms with Crippen LogP contribution in [-0.4, -0.2) is 51.6 Å². The summed E-state index contributed by atoms with van der Waals surface area (Å²) in [5.41, 5.74) is 10.5. The largest absolute Gasteiger partial charge is 0.379 e. The molecule has 0 unspecified atom stereocenters. The maximum absolute atomic E-state index is 11.5. The van der Waals surface area contributed by atoms with Crippen LogP contribution < -0.4 is 10.7 Å². The predicted octanol–water partition coefficient (Wildman–Crippen LogP) is 3.19. The number of primary amides is 1. The number of nitrogens with two attached hydrogens (primary N) is 1. The fraction of sp³-hybridized carbons (Fsp3) is 0.208. The molecule has 8 heteroatoms. The van der Waals surface area contributed by atoms with Gasteiger partial charge in [0.15, 0.2) is 11.5 Å². The Labute approximate surface area is 185 Å². The number of carbonyl (C=O) groups is 1. The van der Waals surface area contributed by atoms with Crippen LogP contribution in [-0.2, 0) is 4.74 Å². The van der Waals surface area contributed by atoms with Crippen LogP contribution in [0.2, 0.25) is 0 Å². The molecule has 0 spiro atoms. The van der Waals surface area contributed by atoms with Gasteiger partial charge in [-0.25, -0.2) is 15.0 Å². The first-order chi connectivity index (χ1) is 15.6. The molecular formula is C24H24N6O2. The normalized spacial score (nSPS) is 14.5. The van der Waals surface area contributed by atoms with Gasteiger partial charge in [0.25, 0.3) is 0 Å². The molecule has 0 saturated carbocycles. The average Bonchev–Trinajstić information content (AvgIpc) is 3.23. The number of para-hydroxylation sites is 1. The average molecular weight is 428 g/mol. The zero-order valence-electron chi connectivity index (χ0n) is 17.8. The highest BCUT2D eigenvalue weighted by Gasteiger charge is 2.25. The van der Waals surface area contributed by atoms with E-state index in [2.05, 4.69) is 26.6 Å². The minimum atomic E-state index is -0.446. The summed E-state index contributed by atoms with van der Waals surface area (Å²) < 4.78 is 7.67. The Morgan fingerprint density at radius 1 is 1.00 bits per heavy atom. The summed E-state index contributed by atoms with van der Waals surface area (Å²) in [6, 6.07) is 17.4. The number of hydrogen-bond acceptors (Lipinski definition) is 6. The van der Waals surface area contributed by atoms with E-state index in [0.717, 1.165) is 47.2 Å². The Kier molecular flexibility index (Phi) is 5.30. The lowest BCUT2D eigenvalue weighted by molar-refractivity contribution is 0.0376. The predicted molar refractivity (Wildman–Crippen MR) is 123 cm³/mol. The van der Waals surface area contributed by atoms with Crippen LogP contribution in [0.25, 0.3) is 16.9 Å². The third kappa shape index (κ3) is 3.59. The molecule has 0 atom stereocenters. The van der Waals surface area contributed by atoms with Gasteiger partial charge in [0.05, 0.1) is 30.8 Å². The van der Waals surface area contributed by atoms with E-state index in [9.17, 15) is 4.79 Å². The number of benzene rings is 2. The molecular weight excluding hydrogens is 404 g/mol. The second kappa shape index (κ2) is 8.41. The summed E-state index contributed by atoms with van der Waals surface area (Å²) in [5.74, 6) is 0.307. The summed E-state index contributed by atoms with van der Waals surface area (Å²) in [6.07, 6.45) is 3.71. The lowest BCUT2D eigenvalue weighted by Gasteiger charge is -2.38. The van der Waals surface area contributed by atoms with Crippen molar-refractivity contribution in [2.24, 2.45) is 5.73 Å². The summed E-state index contributed by atoms with van der Waals surface area (Å²) in [6.45, 7) is 4.87. The topological polar surface area (TPSA) is 89.0 Å². The van der Waals surface area contributed by atoms with Crippen molar-refractivity contribution in [1.29, 1.82) is 0 Å². The number of rotatable bonds is 5. The molecule has 1 aliphatic rings. The number of aryl methyl sites for hydroxylation is 1. The van der Waals surface area contributed by atoms with Crippen LogP contribution in [0.15, 0.2) is 67.0 Å². The highest BCUT2D eigenvalue weighted by molar-refractivity contribution is 5.93. The van der Waals surface area contributed by atoms with Crippen molar-refractivity contribution >= 4 is 23.1 Å². The molecule has 162 valence electrons. The van der Waals surface area contributed by atoms with Gasteiger partial charge < -0.3 is 10.5 Å². The molecule has 0 bridgehead atoms. The second-order valence-corrected chi connectivity index (χ2v) is 7.68. The molecule has 4 aromatic rings. The number of fused-ring (bicyclic) bond motifs is 1. The molecule has 1 fully saturated rings. The van der Waals surface area contributed by atoms with Gasteiger partial charge in [0.2, 0.25) is 5.91 Å². The van der Waals surface area contributed by atoms with Crippen molar-refractivity contribution in [3.05, 3.63) is 78.2 Å². The van der Waals surface area contributed by atoms with Gasteiger partial charge in [-0.05, 0) is 31.2 Å². The number of ether oxygens (including phenoxy) is 1. The van der Waals surface area contributed by atoms with Gasteiger partial charge in [-0.1, -0.05) is 30.3 Å². The summed E-state index contributed by atoms with van der Waals surface area (Å²) in [4.78, 5) is 21.0. The first-order valence-corrected chi connectivity index (χ1v) is 10.5. The standard InChI is InChI=1S/C24H24N6O2/c1-17-15-26-23-24(30(20-5-3-2-4-6-20)28-11-13-32-14-12-28)27-16-21(29(17)23)18-7-9-19(10-8-18)22(25)31/h2-10,15-16H,11-14H2,1H3,(H2,25,31). The van der Waals surface area contributed by atoms with Crippen LogP contribution in [0.3, 0.4) is 0 Å². The Bertz CT molecular complexity index is 1250. The first-order valence-electron chi connectivity index (χ1n) is 10.5. The highest BCUT2D eigenvalue weighted by atomic mass is 16.5. The van der Waals surface area contributed by atoms with E-state index in [0.29, 0.717) is 18.8 Å².